The Morgan fingerprint density at radius 2 is 1.81 bits per heavy atom. The van der Waals surface area contributed by atoms with E-state index in [9.17, 15) is 8.42 Å². The molecular weight excluding hydrogens is 310 g/mol. The van der Waals surface area contributed by atoms with Gasteiger partial charge in [-0.2, -0.15) is 0 Å². The Kier molecular flexibility index (Phi) is 4.44. The summed E-state index contributed by atoms with van der Waals surface area (Å²) in [7, 11) is -2.23. The molecule has 4 nitrogen and oxygen atoms in total. The number of halogens is 1. The van der Waals surface area contributed by atoms with Gasteiger partial charge in [0.25, 0.3) is 10.0 Å². The van der Waals surface area contributed by atoms with E-state index in [4.69, 9.17) is 16.3 Å². The van der Waals surface area contributed by atoms with Gasteiger partial charge in [-0.1, -0.05) is 23.7 Å². The third kappa shape index (κ3) is 3.49. The van der Waals surface area contributed by atoms with E-state index in [0.717, 1.165) is 5.56 Å². The molecule has 0 aliphatic carbocycles. The van der Waals surface area contributed by atoms with Gasteiger partial charge in [-0.25, -0.2) is 8.42 Å². The maximum Gasteiger partial charge on any atom is 0.262 e. The monoisotopic (exact) mass is 325 g/mol. The molecule has 1 N–H and O–H groups in total. The van der Waals surface area contributed by atoms with Crippen molar-refractivity contribution >= 4 is 27.3 Å². The van der Waals surface area contributed by atoms with E-state index in [0.29, 0.717) is 22.0 Å². The lowest BCUT2D eigenvalue weighted by atomic mass is 10.2. The van der Waals surface area contributed by atoms with E-state index < -0.39 is 10.0 Å². The summed E-state index contributed by atoms with van der Waals surface area (Å²) < 4.78 is 32.8. The van der Waals surface area contributed by atoms with Crippen LogP contribution in [-0.4, -0.2) is 15.5 Å². The molecule has 21 heavy (non-hydrogen) atoms. The molecule has 6 heteroatoms. The van der Waals surface area contributed by atoms with Crippen molar-refractivity contribution in [2.24, 2.45) is 0 Å². The second-order valence-electron chi connectivity index (χ2n) is 4.72. The number of methoxy groups -OCH3 is 1. The lowest BCUT2D eigenvalue weighted by molar-refractivity contribution is 0.417. The van der Waals surface area contributed by atoms with Crippen LogP contribution in [0.5, 0.6) is 5.75 Å². The molecule has 0 heterocycles. The Balaban J connectivity index is 2.47. The zero-order valence-electron chi connectivity index (χ0n) is 12.0. The minimum Gasteiger partial charge on any atom is -0.495 e. The van der Waals surface area contributed by atoms with Crippen molar-refractivity contribution in [3.63, 3.8) is 0 Å². The summed E-state index contributed by atoms with van der Waals surface area (Å²) in [5, 5.41) is 0.425. The quantitative estimate of drug-likeness (QED) is 0.931. The van der Waals surface area contributed by atoms with Crippen molar-refractivity contribution in [1.29, 1.82) is 0 Å². The van der Waals surface area contributed by atoms with Crippen LogP contribution in [0.3, 0.4) is 0 Å². The molecule has 2 aromatic carbocycles. The Morgan fingerprint density at radius 1 is 1.10 bits per heavy atom. The molecule has 0 atom stereocenters. The Hall–Kier alpha value is -1.72. The average Bonchev–Trinajstić information content (AvgIpc) is 2.41. The van der Waals surface area contributed by atoms with Gasteiger partial charge in [0, 0.05) is 5.02 Å². The second-order valence-corrected chi connectivity index (χ2v) is 6.81. The fraction of sp³-hybridized carbons (Fsp3) is 0.200. The first-order valence-electron chi connectivity index (χ1n) is 6.27. The number of ether oxygens (including phenoxy) is 1. The van der Waals surface area contributed by atoms with Crippen molar-refractivity contribution in [3.05, 3.63) is 52.5 Å². The lowest BCUT2D eigenvalue weighted by Crippen LogP contribution is -2.15. The maximum atomic E-state index is 12.5. The normalized spacial score (nSPS) is 11.2. The fourth-order valence-electron chi connectivity index (χ4n) is 1.96. The van der Waals surface area contributed by atoms with Crippen molar-refractivity contribution in [1.82, 2.24) is 0 Å². The standard InChI is InChI=1S/C15H16ClNO3S/c1-10-4-5-11(2)15(8-10)21(18,19)17-13-9-12(16)6-7-14(13)20-3/h4-9,17H,1-3H3. The molecule has 2 rings (SSSR count). The topological polar surface area (TPSA) is 55.4 Å². The first-order chi connectivity index (χ1) is 9.83. The lowest BCUT2D eigenvalue weighted by Gasteiger charge is -2.14. The predicted molar refractivity (Wildman–Crippen MR) is 84.7 cm³/mol. The Morgan fingerprint density at radius 3 is 2.48 bits per heavy atom. The zero-order valence-corrected chi connectivity index (χ0v) is 13.5. The summed E-state index contributed by atoms with van der Waals surface area (Å²) in [6, 6.07) is 10.0. The molecule has 0 radical (unpaired) electrons. The number of rotatable bonds is 4. The van der Waals surface area contributed by atoms with E-state index in [2.05, 4.69) is 4.72 Å². The molecule has 0 spiro atoms. The van der Waals surface area contributed by atoms with Crippen LogP contribution in [0.2, 0.25) is 5.02 Å². The molecule has 0 saturated carbocycles. The summed E-state index contributed by atoms with van der Waals surface area (Å²) in [5.74, 6) is 0.410. The summed E-state index contributed by atoms with van der Waals surface area (Å²) in [6.45, 7) is 3.60. The van der Waals surface area contributed by atoms with Crippen molar-refractivity contribution < 1.29 is 13.2 Å². The van der Waals surface area contributed by atoms with Crippen LogP contribution in [0.4, 0.5) is 5.69 Å². The van der Waals surface area contributed by atoms with Crippen LogP contribution in [0, 0.1) is 13.8 Å². The van der Waals surface area contributed by atoms with E-state index in [-0.39, 0.29) is 4.90 Å². The first kappa shape index (κ1) is 15.7. The Labute approximate surface area is 129 Å². The van der Waals surface area contributed by atoms with Gasteiger partial charge in [0.2, 0.25) is 0 Å². The van der Waals surface area contributed by atoms with E-state index >= 15 is 0 Å². The van der Waals surface area contributed by atoms with Crippen LogP contribution < -0.4 is 9.46 Å². The SMILES string of the molecule is COc1ccc(Cl)cc1NS(=O)(=O)c1cc(C)ccc1C. The van der Waals surface area contributed by atoms with Crippen LogP contribution >= 0.6 is 11.6 Å². The highest BCUT2D eigenvalue weighted by Gasteiger charge is 2.19. The number of hydrogen-bond donors (Lipinski definition) is 1. The summed E-state index contributed by atoms with van der Waals surface area (Å²) in [5.41, 5.74) is 1.86. The third-order valence-electron chi connectivity index (χ3n) is 3.04. The van der Waals surface area contributed by atoms with Crippen molar-refractivity contribution in [3.8, 4) is 5.75 Å². The van der Waals surface area contributed by atoms with Crippen LogP contribution in [-0.2, 0) is 10.0 Å². The van der Waals surface area contributed by atoms with E-state index in [1.807, 2.05) is 13.0 Å². The minimum absolute atomic E-state index is 0.240. The minimum atomic E-state index is -3.70. The highest BCUT2D eigenvalue weighted by atomic mass is 35.5. The van der Waals surface area contributed by atoms with Crippen molar-refractivity contribution in [2.45, 2.75) is 18.7 Å². The van der Waals surface area contributed by atoms with Crippen LogP contribution in [0.25, 0.3) is 0 Å². The zero-order chi connectivity index (χ0) is 15.6. The molecule has 0 aromatic heterocycles. The van der Waals surface area contributed by atoms with Gasteiger partial charge in [-0.15, -0.1) is 0 Å². The van der Waals surface area contributed by atoms with Gasteiger partial charge in [0.05, 0.1) is 17.7 Å². The number of anilines is 1. The van der Waals surface area contributed by atoms with Gasteiger partial charge in [-0.05, 0) is 49.2 Å². The van der Waals surface area contributed by atoms with Gasteiger partial charge < -0.3 is 4.74 Å². The molecule has 2 aromatic rings. The number of aryl methyl sites for hydroxylation is 2. The van der Waals surface area contributed by atoms with Gasteiger partial charge in [0.15, 0.2) is 0 Å². The molecular formula is C15H16ClNO3S. The molecule has 0 amide bonds. The number of hydrogen-bond acceptors (Lipinski definition) is 3. The van der Waals surface area contributed by atoms with Crippen LogP contribution in [0.15, 0.2) is 41.3 Å². The molecule has 0 aliphatic rings. The fourth-order valence-corrected chi connectivity index (χ4v) is 3.52. The van der Waals surface area contributed by atoms with E-state index in [1.165, 1.54) is 13.2 Å². The molecule has 112 valence electrons. The molecule has 0 saturated heterocycles. The van der Waals surface area contributed by atoms with Crippen LogP contribution in [0.1, 0.15) is 11.1 Å². The highest BCUT2D eigenvalue weighted by Crippen LogP contribution is 2.30. The third-order valence-corrected chi connectivity index (χ3v) is 4.78. The second kappa shape index (κ2) is 5.95. The maximum absolute atomic E-state index is 12.5. The first-order valence-corrected chi connectivity index (χ1v) is 8.13. The molecule has 0 unspecified atom stereocenters. The van der Waals surface area contributed by atoms with Gasteiger partial charge >= 0.3 is 0 Å². The molecule has 0 fully saturated rings. The smallest absolute Gasteiger partial charge is 0.262 e. The number of sulfonamides is 1. The number of benzene rings is 2. The largest absolute Gasteiger partial charge is 0.495 e. The molecule has 0 bridgehead atoms. The average molecular weight is 326 g/mol. The highest BCUT2D eigenvalue weighted by molar-refractivity contribution is 7.92. The van der Waals surface area contributed by atoms with Gasteiger partial charge in [-0.3, -0.25) is 4.72 Å². The molecule has 0 aliphatic heterocycles. The summed E-state index contributed by atoms with van der Waals surface area (Å²) in [6.07, 6.45) is 0. The summed E-state index contributed by atoms with van der Waals surface area (Å²) in [4.78, 5) is 0.240. The van der Waals surface area contributed by atoms with E-state index in [1.54, 1.807) is 31.2 Å². The summed E-state index contributed by atoms with van der Waals surface area (Å²) >= 11 is 5.91. The Bertz CT molecular complexity index is 772. The van der Waals surface area contributed by atoms with Crippen molar-refractivity contribution in [2.75, 3.05) is 11.8 Å². The van der Waals surface area contributed by atoms with Gasteiger partial charge in [0.1, 0.15) is 5.75 Å². The predicted octanol–water partition coefficient (Wildman–Crippen LogP) is 3.77. The number of nitrogens with one attached hydrogen (secondary N) is 1.